The summed E-state index contributed by atoms with van der Waals surface area (Å²) in [6.07, 6.45) is 0.888. The maximum Gasteiger partial charge on any atom is 0.170 e. The summed E-state index contributed by atoms with van der Waals surface area (Å²) in [6, 6.07) is 16.7. The standard InChI is InChI=1S/C19H18O/c1-12-15-8-4-3-7-14(15)11-19(12)13(2)16-9-5-6-10-17(16)18(19)20/h3-10,12-13H,11H2,1-2H3. The van der Waals surface area contributed by atoms with E-state index in [9.17, 15) is 4.79 Å². The molecule has 0 radical (unpaired) electrons. The van der Waals surface area contributed by atoms with E-state index in [2.05, 4.69) is 44.2 Å². The van der Waals surface area contributed by atoms with Crippen molar-refractivity contribution in [2.24, 2.45) is 5.41 Å². The van der Waals surface area contributed by atoms with Crippen LogP contribution in [0.2, 0.25) is 0 Å². The summed E-state index contributed by atoms with van der Waals surface area (Å²) >= 11 is 0. The number of fused-ring (bicyclic) bond motifs is 2. The van der Waals surface area contributed by atoms with Crippen LogP contribution < -0.4 is 0 Å². The molecule has 2 aromatic rings. The quantitative estimate of drug-likeness (QED) is 0.690. The van der Waals surface area contributed by atoms with E-state index in [1.807, 2.05) is 18.2 Å². The van der Waals surface area contributed by atoms with E-state index in [1.54, 1.807) is 0 Å². The van der Waals surface area contributed by atoms with Gasteiger partial charge in [0.15, 0.2) is 5.78 Å². The molecule has 20 heavy (non-hydrogen) atoms. The van der Waals surface area contributed by atoms with Gasteiger partial charge in [-0.25, -0.2) is 0 Å². The average molecular weight is 262 g/mol. The summed E-state index contributed by atoms with van der Waals surface area (Å²) in [5, 5.41) is 0. The van der Waals surface area contributed by atoms with Crippen molar-refractivity contribution in [1.29, 1.82) is 0 Å². The Morgan fingerprint density at radius 3 is 2.20 bits per heavy atom. The topological polar surface area (TPSA) is 17.1 Å². The lowest BCUT2D eigenvalue weighted by Crippen LogP contribution is -2.34. The zero-order valence-electron chi connectivity index (χ0n) is 11.9. The second-order valence-corrected chi connectivity index (χ2v) is 6.28. The van der Waals surface area contributed by atoms with E-state index in [4.69, 9.17) is 0 Å². The van der Waals surface area contributed by atoms with Gasteiger partial charge in [0.25, 0.3) is 0 Å². The number of carbonyl (C=O) groups is 1. The number of ketones is 1. The molecule has 0 bridgehead atoms. The Kier molecular flexibility index (Phi) is 2.27. The lowest BCUT2D eigenvalue weighted by Gasteiger charge is -2.32. The molecule has 2 aliphatic carbocycles. The minimum Gasteiger partial charge on any atom is -0.293 e. The van der Waals surface area contributed by atoms with Crippen molar-refractivity contribution in [3.8, 4) is 0 Å². The summed E-state index contributed by atoms with van der Waals surface area (Å²) in [6.45, 7) is 4.46. The molecule has 0 saturated carbocycles. The Bertz CT molecular complexity index is 709. The van der Waals surface area contributed by atoms with Gasteiger partial charge in [0.1, 0.15) is 0 Å². The molecule has 0 N–H and O–H groups in total. The lowest BCUT2D eigenvalue weighted by molar-refractivity contribution is 0.0765. The van der Waals surface area contributed by atoms with Gasteiger partial charge in [0.2, 0.25) is 0 Å². The molecule has 1 nitrogen and oxygen atoms in total. The molecular weight excluding hydrogens is 244 g/mol. The van der Waals surface area contributed by atoms with Crippen molar-refractivity contribution >= 4 is 5.78 Å². The van der Waals surface area contributed by atoms with Crippen LogP contribution in [0.25, 0.3) is 0 Å². The Morgan fingerprint density at radius 2 is 1.50 bits per heavy atom. The number of Topliss-reactive ketones (excluding diaryl/α,β-unsaturated/α-hetero) is 1. The molecule has 4 rings (SSSR count). The van der Waals surface area contributed by atoms with E-state index in [-0.39, 0.29) is 5.41 Å². The fraction of sp³-hybridized carbons (Fsp3) is 0.316. The van der Waals surface area contributed by atoms with Gasteiger partial charge in [0.05, 0.1) is 5.41 Å². The van der Waals surface area contributed by atoms with Crippen molar-refractivity contribution in [2.45, 2.75) is 32.1 Å². The minimum atomic E-state index is -0.257. The highest BCUT2D eigenvalue weighted by Gasteiger charge is 2.57. The summed E-state index contributed by atoms with van der Waals surface area (Å²) in [4.78, 5) is 13.1. The number of rotatable bonds is 0. The first kappa shape index (κ1) is 11.9. The highest BCUT2D eigenvalue weighted by Crippen LogP contribution is 2.60. The fourth-order valence-corrected chi connectivity index (χ4v) is 4.47. The van der Waals surface area contributed by atoms with Crippen molar-refractivity contribution in [3.05, 3.63) is 70.8 Å². The fourth-order valence-electron chi connectivity index (χ4n) is 4.47. The number of benzene rings is 2. The first-order valence-corrected chi connectivity index (χ1v) is 7.38. The van der Waals surface area contributed by atoms with Crippen LogP contribution in [0.1, 0.15) is 52.7 Å². The molecule has 2 aromatic carbocycles. The second kappa shape index (κ2) is 3.82. The Balaban J connectivity index is 1.92. The molecule has 1 heteroatoms. The molecule has 0 heterocycles. The molecule has 3 unspecified atom stereocenters. The Morgan fingerprint density at radius 1 is 0.900 bits per heavy atom. The molecule has 0 saturated heterocycles. The molecule has 0 amide bonds. The molecular formula is C19H18O. The van der Waals surface area contributed by atoms with E-state index in [1.165, 1.54) is 16.7 Å². The summed E-state index contributed by atoms with van der Waals surface area (Å²) < 4.78 is 0. The van der Waals surface area contributed by atoms with Crippen molar-refractivity contribution in [1.82, 2.24) is 0 Å². The zero-order chi connectivity index (χ0) is 13.9. The van der Waals surface area contributed by atoms with E-state index < -0.39 is 0 Å². The SMILES string of the molecule is CC1c2ccccc2CC12C(=O)c1ccccc1C2C. The minimum absolute atomic E-state index is 0.257. The van der Waals surface area contributed by atoms with Crippen LogP contribution in [-0.2, 0) is 6.42 Å². The van der Waals surface area contributed by atoms with Crippen molar-refractivity contribution in [3.63, 3.8) is 0 Å². The summed E-state index contributed by atoms with van der Waals surface area (Å²) in [5.74, 6) is 0.950. The van der Waals surface area contributed by atoms with Crippen molar-refractivity contribution < 1.29 is 4.79 Å². The number of hydrogen-bond acceptors (Lipinski definition) is 1. The smallest absolute Gasteiger partial charge is 0.170 e. The zero-order valence-corrected chi connectivity index (χ0v) is 11.9. The third-order valence-corrected chi connectivity index (χ3v) is 5.64. The highest BCUT2D eigenvalue weighted by atomic mass is 16.1. The first-order valence-electron chi connectivity index (χ1n) is 7.38. The third kappa shape index (κ3) is 1.21. The maximum atomic E-state index is 13.1. The largest absolute Gasteiger partial charge is 0.293 e. The maximum absolute atomic E-state index is 13.1. The summed E-state index contributed by atoms with van der Waals surface area (Å²) in [7, 11) is 0. The first-order chi connectivity index (χ1) is 9.66. The van der Waals surface area contributed by atoms with Crippen LogP contribution in [0.3, 0.4) is 0 Å². The monoisotopic (exact) mass is 262 g/mol. The van der Waals surface area contributed by atoms with Crippen LogP contribution >= 0.6 is 0 Å². The molecule has 100 valence electrons. The lowest BCUT2D eigenvalue weighted by atomic mass is 9.68. The van der Waals surface area contributed by atoms with E-state index >= 15 is 0 Å². The highest BCUT2D eigenvalue weighted by molar-refractivity contribution is 6.07. The van der Waals surface area contributed by atoms with Gasteiger partial charge in [-0.05, 0) is 34.9 Å². The Hall–Kier alpha value is -1.89. The van der Waals surface area contributed by atoms with Gasteiger partial charge >= 0.3 is 0 Å². The van der Waals surface area contributed by atoms with Crippen LogP contribution in [0.4, 0.5) is 0 Å². The second-order valence-electron chi connectivity index (χ2n) is 6.28. The van der Waals surface area contributed by atoms with E-state index in [0.717, 1.165) is 12.0 Å². The van der Waals surface area contributed by atoms with Crippen molar-refractivity contribution in [2.75, 3.05) is 0 Å². The van der Waals surface area contributed by atoms with Crippen LogP contribution in [-0.4, -0.2) is 5.78 Å². The van der Waals surface area contributed by atoms with Gasteiger partial charge in [-0.2, -0.15) is 0 Å². The van der Waals surface area contributed by atoms with Gasteiger partial charge in [-0.15, -0.1) is 0 Å². The van der Waals surface area contributed by atoms with Crippen LogP contribution in [0.5, 0.6) is 0 Å². The number of hydrogen-bond donors (Lipinski definition) is 0. The molecule has 1 spiro atoms. The van der Waals surface area contributed by atoms with Gasteiger partial charge in [-0.1, -0.05) is 62.4 Å². The van der Waals surface area contributed by atoms with Gasteiger partial charge in [0, 0.05) is 5.56 Å². The third-order valence-electron chi connectivity index (χ3n) is 5.64. The van der Waals surface area contributed by atoms with E-state index in [0.29, 0.717) is 17.6 Å². The Labute approximate surface area is 119 Å². The summed E-state index contributed by atoms with van der Waals surface area (Å²) in [5.41, 5.74) is 4.64. The van der Waals surface area contributed by atoms with Gasteiger partial charge in [-0.3, -0.25) is 4.79 Å². The average Bonchev–Trinajstić information content (AvgIpc) is 2.90. The number of carbonyl (C=O) groups excluding carboxylic acids is 1. The molecule has 3 atom stereocenters. The molecule has 0 aromatic heterocycles. The molecule has 0 aliphatic heterocycles. The predicted octanol–water partition coefficient (Wildman–Crippen LogP) is 4.33. The normalized spacial score (nSPS) is 30.6. The van der Waals surface area contributed by atoms with Crippen LogP contribution in [0, 0.1) is 5.41 Å². The predicted molar refractivity (Wildman–Crippen MR) is 80.2 cm³/mol. The molecule has 2 aliphatic rings. The van der Waals surface area contributed by atoms with Gasteiger partial charge < -0.3 is 0 Å². The molecule has 0 fully saturated rings. The van der Waals surface area contributed by atoms with Crippen LogP contribution in [0.15, 0.2) is 48.5 Å².